The maximum atomic E-state index is 13.3. The third-order valence-corrected chi connectivity index (χ3v) is 3.99. The van der Waals surface area contributed by atoms with Gasteiger partial charge in [0.1, 0.15) is 5.82 Å². The van der Waals surface area contributed by atoms with Crippen LogP contribution >= 0.6 is 15.9 Å². The van der Waals surface area contributed by atoms with Crippen molar-refractivity contribution in [2.75, 3.05) is 25.0 Å². The highest BCUT2D eigenvalue weighted by Gasteiger charge is 2.24. The first-order chi connectivity index (χ1) is 9.97. The molecule has 0 aromatic heterocycles. The highest BCUT2D eigenvalue weighted by Crippen LogP contribution is 2.25. The van der Waals surface area contributed by atoms with Crippen molar-refractivity contribution in [1.29, 1.82) is 0 Å². The molecule has 1 aromatic rings. The Kier molecular flexibility index (Phi) is 5.13. The number of benzene rings is 1. The van der Waals surface area contributed by atoms with Crippen molar-refractivity contribution < 1.29 is 19.1 Å². The van der Waals surface area contributed by atoms with Crippen LogP contribution in [0.3, 0.4) is 0 Å². The Hall–Kier alpha value is -1.67. The Morgan fingerprint density at radius 1 is 1.52 bits per heavy atom. The Morgan fingerprint density at radius 3 is 3.00 bits per heavy atom. The fraction of sp³-hybridized carbons (Fsp3) is 0.385. The number of amides is 2. The van der Waals surface area contributed by atoms with Gasteiger partial charge in [-0.3, -0.25) is 4.79 Å². The number of rotatable bonds is 3. The number of anilines is 1. The normalized spacial score (nSPS) is 18.4. The molecular formula is C13H15BrFN3O3. The number of carbonyl (C=O) groups is 2. The second-order valence-electron chi connectivity index (χ2n) is 4.73. The van der Waals surface area contributed by atoms with Crippen molar-refractivity contribution in [3.63, 3.8) is 0 Å². The lowest BCUT2D eigenvalue weighted by Crippen LogP contribution is -2.53. The zero-order valence-electron chi connectivity index (χ0n) is 11.1. The van der Waals surface area contributed by atoms with Crippen LogP contribution in [-0.4, -0.2) is 47.7 Å². The van der Waals surface area contributed by atoms with E-state index in [2.05, 4.69) is 26.6 Å². The topological polar surface area (TPSA) is 81.7 Å². The third kappa shape index (κ3) is 4.15. The van der Waals surface area contributed by atoms with Crippen molar-refractivity contribution >= 4 is 33.6 Å². The summed E-state index contributed by atoms with van der Waals surface area (Å²) < 4.78 is 13.5. The Bertz CT molecular complexity index is 555. The minimum atomic E-state index is -0.991. The summed E-state index contributed by atoms with van der Waals surface area (Å²) >= 11 is 3.07. The van der Waals surface area contributed by atoms with Gasteiger partial charge in [0.05, 0.1) is 10.2 Å². The maximum absolute atomic E-state index is 13.3. The lowest BCUT2D eigenvalue weighted by Gasteiger charge is -2.31. The second kappa shape index (κ2) is 6.86. The van der Waals surface area contributed by atoms with Gasteiger partial charge in [0.25, 0.3) is 0 Å². The van der Waals surface area contributed by atoms with E-state index < -0.39 is 11.9 Å². The first-order valence-electron chi connectivity index (χ1n) is 6.42. The van der Waals surface area contributed by atoms with E-state index >= 15 is 0 Å². The van der Waals surface area contributed by atoms with Crippen LogP contribution in [0.25, 0.3) is 0 Å². The van der Waals surface area contributed by atoms with E-state index in [0.717, 1.165) is 0 Å². The molecule has 114 valence electrons. The molecule has 6 nitrogen and oxygen atoms in total. The summed E-state index contributed by atoms with van der Waals surface area (Å²) in [6.07, 6.45) is -0.873. The highest BCUT2D eigenvalue weighted by atomic mass is 79.9. The third-order valence-electron chi connectivity index (χ3n) is 3.18. The molecule has 21 heavy (non-hydrogen) atoms. The summed E-state index contributed by atoms with van der Waals surface area (Å²) in [5, 5.41) is 14.6. The summed E-state index contributed by atoms with van der Waals surface area (Å²) in [6, 6.07) is 4.12. The SMILES string of the molecule is O=C(CC1CN(C(=O)O)CCN1)Nc1cccc(F)c1Br. The van der Waals surface area contributed by atoms with Crippen molar-refractivity contribution in [1.82, 2.24) is 10.2 Å². The van der Waals surface area contributed by atoms with E-state index in [1.165, 1.54) is 17.0 Å². The van der Waals surface area contributed by atoms with E-state index in [4.69, 9.17) is 5.11 Å². The van der Waals surface area contributed by atoms with Crippen molar-refractivity contribution in [3.05, 3.63) is 28.5 Å². The first-order valence-corrected chi connectivity index (χ1v) is 7.22. The van der Waals surface area contributed by atoms with Gasteiger partial charge in [0.15, 0.2) is 0 Å². The maximum Gasteiger partial charge on any atom is 0.407 e. The predicted molar refractivity (Wildman–Crippen MR) is 78.7 cm³/mol. The zero-order valence-corrected chi connectivity index (χ0v) is 12.7. The number of nitrogens with one attached hydrogen (secondary N) is 2. The van der Waals surface area contributed by atoms with Crippen LogP contribution in [0.2, 0.25) is 0 Å². The summed E-state index contributed by atoms with van der Waals surface area (Å²) in [5.41, 5.74) is 0.353. The molecule has 8 heteroatoms. The fourth-order valence-electron chi connectivity index (χ4n) is 2.16. The summed E-state index contributed by atoms with van der Waals surface area (Å²) in [5.74, 6) is -0.758. The molecule has 1 atom stereocenters. The van der Waals surface area contributed by atoms with Crippen LogP contribution in [0, 0.1) is 5.82 Å². The summed E-state index contributed by atoms with van der Waals surface area (Å²) in [7, 11) is 0. The van der Waals surface area contributed by atoms with Gasteiger partial charge in [0.2, 0.25) is 5.91 Å². The molecule has 0 saturated carbocycles. The number of piperazine rings is 1. The van der Waals surface area contributed by atoms with E-state index in [9.17, 15) is 14.0 Å². The minimum absolute atomic E-state index is 0.118. The molecule has 1 aromatic carbocycles. The number of carboxylic acid groups (broad SMARTS) is 1. The molecule has 1 heterocycles. The smallest absolute Gasteiger partial charge is 0.407 e. The molecule has 0 radical (unpaired) electrons. The molecule has 2 amide bonds. The van der Waals surface area contributed by atoms with Gasteiger partial charge >= 0.3 is 6.09 Å². The Labute approximate surface area is 129 Å². The number of carbonyl (C=O) groups excluding carboxylic acids is 1. The van der Waals surface area contributed by atoms with Crippen molar-refractivity contribution in [2.45, 2.75) is 12.5 Å². The molecule has 3 N–H and O–H groups in total. The highest BCUT2D eigenvalue weighted by molar-refractivity contribution is 9.10. The zero-order chi connectivity index (χ0) is 15.4. The van der Waals surface area contributed by atoms with Gasteiger partial charge in [-0.15, -0.1) is 0 Å². The monoisotopic (exact) mass is 359 g/mol. The molecule has 0 aliphatic carbocycles. The van der Waals surface area contributed by atoms with Crippen LogP contribution in [0.1, 0.15) is 6.42 Å². The van der Waals surface area contributed by atoms with Crippen molar-refractivity contribution in [2.24, 2.45) is 0 Å². The largest absolute Gasteiger partial charge is 0.465 e. The van der Waals surface area contributed by atoms with E-state index in [-0.39, 0.29) is 29.4 Å². The van der Waals surface area contributed by atoms with Gasteiger partial charge in [-0.2, -0.15) is 0 Å². The van der Waals surface area contributed by atoms with Crippen molar-refractivity contribution in [3.8, 4) is 0 Å². The lowest BCUT2D eigenvalue weighted by molar-refractivity contribution is -0.116. The molecule has 0 bridgehead atoms. The van der Waals surface area contributed by atoms with Crippen LogP contribution in [0.5, 0.6) is 0 Å². The number of hydrogen-bond donors (Lipinski definition) is 3. The van der Waals surface area contributed by atoms with Crippen LogP contribution in [0.4, 0.5) is 14.9 Å². The van der Waals surface area contributed by atoms with Gasteiger partial charge in [-0.05, 0) is 28.1 Å². The Balaban J connectivity index is 1.92. The molecular weight excluding hydrogens is 345 g/mol. The standard InChI is InChI=1S/C13H15BrFN3O3/c14-12-9(15)2-1-3-10(12)17-11(19)6-8-7-18(13(20)21)5-4-16-8/h1-3,8,16H,4-7H2,(H,17,19)(H,20,21). The number of hydrogen-bond acceptors (Lipinski definition) is 3. The van der Waals surface area contributed by atoms with Gasteiger partial charge in [0, 0.05) is 32.1 Å². The van der Waals surface area contributed by atoms with Gasteiger partial charge in [-0.1, -0.05) is 6.07 Å². The molecule has 0 spiro atoms. The molecule has 1 unspecified atom stereocenters. The predicted octanol–water partition coefficient (Wildman–Crippen LogP) is 1.87. The van der Waals surface area contributed by atoms with Crippen LogP contribution in [0.15, 0.2) is 22.7 Å². The van der Waals surface area contributed by atoms with Gasteiger partial charge < -0.3 is 20.6 Å². The molecule has 1 aliphatic heterocycles. The quantitative estimate of drug-likeness (QED) is 0.769. The lowest BCUT2D eigenvalue weighted by atomic mass is 10.1. The summed E-state index contributed by atoms with van der Waals surface area (Å²) in [6.45, 7) is 1.17. The molecule has 1 aliphatic rings. The Morgan fingerprint density at radius 2 is 2.29 bits per heavy atom. The van der Waals surface area contributed by atoms with Gasteiger partial charge in [-0.25, -0.2) is 9.18 Å². The average Bonchev–Trinajstić information content (AvgIpc) is 2.44. The molecule has 2 rings (SSSR count). The fourth-order valence-corrected chi connectivity index (χ4v) is 2.52. The number of nitrogens with zero attached hydrogens (tertiary/aromatic N) is 1. The number of halogens is 2. The second-order valence-corrected chi connectivity index (χ2v) is 5.53. The van der Waals surface area contributed by atoms with Crippen LogP contribution < -0.4 is 10.6 Å². The molecule has 1 fully saturated rings. The average molecular weight is 360 g/mol. The summed E-state index contributed by atoms with van der Waals surface area (Å²) in [4.78, 5) is 24.1. The molecule has 1 saturated heterocycles. The van der Waals surface area contributed by atoms with E-state index in [1.54, 1.807) is 6.07 Å². The minimum Gasteiger partial charge on any atom is -0.465 e. The first kappa shape index (κ1) is 15.7. The van der Waals surface area contributed by atoms with E-state index in [0.29, 0.717) is 18.8 Å². The van der Waals surface area contributed by atoms with E-state index in [1.807, 2.05) is 0 Å². The van der Waals surface area contributed by atoms with Crippen LogP contribution in [-0.2, 0) is 4.79 Å².